The number of amides is 1. The van der Waals surface area contributed by atoms with Gasteiger partial charge in [-0.25, -0.2) is 4.79 Å². The third-order valence-electron chi connectivity index (χ3n) is 6.53. The molecule has 1 amide bonds. The molecule has 0 radical (unpaired) electrons. The van der Waals surface area contributed by atoms with Crippen LogP contribution < -0.4 is 21.9 Å². The summed E-state index contributed by atoms with van der Waals surface area (Å²) in [6.07, 6.45) is 8.94. The topological polar surface area (TPSA) is 104 Å². The van der Waals surface area contributed by atoms with E-state index in [1.54, 1.807) is 0 Å². The van der Waals surface area contributed by atoms with E-state index in [-0.39, 0.29) is 17.4 Å². The molecule has 2 fully saturated rings. The van der Waals surface area contributed by atoms with E-state index in [1.807, 2.05) is 13.8 Å². The fraction of sp³-hybridized carbons (Fsp3) is 0.762. The van der Waals surface area contributed by atoms with Gasteiger partial charge in [-0.1, -0.05) is 26.2 Å². The smallest absolute Gasteiger partial charge is 0.330 e. The van der Waals surface area contributed by atoms with Gasteiger partial charge in [0.1, 0.15) is 5.82 Å². The number of aromatic nitrogens is 2. The van der Waals surface area contributed by atoms with Crippen LogP contribution >= 0.6 is 0 Å². The molecule has 29 heavy (non-hydrogen) atoms. The van der Waals surface area contributed by atoms with Crippen molar-refractivity contribution >= 4 is 17.4 Å². The summed E-state index contributed by atoms with van der Waals surface area (Å²) in [6.45, 7) is 5.82. The van der Waals surface area contributed by atoms with E-state index in [9.17, 15) is 14.4 Å². The van der Waals surface area contributed by atoms with E-state index in [0.29, 0.717) is 31.6 Å². The molecule has 2 heterocycles. The number of nitrogens with zero attached hydrogens (tertiary/aromatic N) is 3. The Kier molecular flexibility index (Phi) is 7.16. The van der Waals surface area contributed by atoms with E-state index in [4.69, 9.17) is 5.73 Å². The number of hydrogen-bond donors (Lipinski definition) is 2. The standard InChI is InChI=1S/C21H35N5O3/c1-3-5-13-26-19(22)18(20(28)23-21(26)29)25(4-2)17(27)14-24-12-8-10-15-9-6-7-11-16(15)24/h15-16H,3-14,22H2,1-2H3,(H,23,28,29)/t15-,16+/m1/s1. The Hall–Kier alpha value is -2.09. The zero-order chi connectivity index (χ0) is 21.0. The maximum atomic E-state index is 13.2. The summed E-state index contributed by atoms with van der Waals surface area (Å²) in [5.74, 6) is 0.637. The molecular formula is C21H35N5O3. The molecule has 3 rings (SSSR count). The lowest BCUT2D eigenvalue weighted by molar-refractivity contribution is -0.121. The minimum Gasteiger partial charge on any atom is -0.383 e. The molecule has 2 atom stereocenters. The zero-order valence-electron chi connectivity index (χ0n) is 17.8. The summed E-state index contributed by atoms with van der Waals surface area (Å²) < 4.78 is 1.37. The molecular weight excluding hydrogens is 370 g/mol. The Labute approximate surface area is 172 Å². The predicted molar refractivity (Wildman–Crippen MR) is 115 cm³/mol. The van der Waals surface area contributed by atoms with Crippen molar-refractivity contribution in [1.29, 1.82) is 0 Å². The van der Waals surface area contributed by atoms with Gasteiger partial charge in [0.25, 0.3) is 5.56 Å². The summed E-state index contributed by atoms with van der Waals surface area (Å²) in [6, 6.07) is 0.467. The van der Waals surface area contributed by atoms with Crippen LogP contribution in [0.5, 0.6) is 0 Å². The SMILES string of the molecule is CCCCn1c(N)c(N(CC)C(=O)CN2CCC[C@H]3CCCC[C@@H]32)c(=O)[nH]c1=O. The highest BCUT2D eigenvalue weighted by Gasteiger charge is 2.35. The average Bonchev–Trinajstić information content (AvgIpc) is 2.71. The van der Waals surface area contributed by atoms with Crippen molar-refractivity contribution in [2.75, 3.05) is 30.3 Å². The summed E-state index contributed by atoms with van der Waals surface area (Å²) in [5.41, 5.74) is 5.20. The van der Waals surface area contributed by atoms with Gasteiger partial charge in [0, 0.05) is 19.1 Å². The number of nitrogens with one attached hydrogen (secondary N) is 1. The number of hydrogen-bond acceptors (Lipinski definition) is 5. The first-order valence-electron chi connectivity index (χ1n) is 11.1. The quantitative estimate of drug-likeness (QED) is 0.721. The molecule has 1 aromatic rings. The van der Waals surface area contributed by atoms with Crippen molar-refractivity contribution in [3.8, 4) is 0 Å². The second-order valence-corrected chi connectivity index (χ2v) is 8.36. The van der Waals surface area contributed by atoms with Gasteiger partial charge in [-0.3, -0.25) is 24.0 Å². The maximum Gasteiger partial charge on any atom is 0.330 e. The molecule has 2 aliphatic rings. The maximum absolute atomic E-state index is 13.2. The number of aromatic amines is 1. The molecule has 1 saturated carbocycles. The summed E-state index contributed by atoms with van der Waals surface area (Å²) in [7, 11) is 0. The molecule has 8 heteroatoms. The number of piperidine rings is 1. The lowest BCUT2D eigenvalue weighted by Gasteiger charge is -2.44. The van der Waals surface area contributed by atoms with Gasteiger partial charge < -0.3 is 10.6 Å². The van der Waals surface area contributed by atoms with Crippen molar-refractivity contribution in [2.45, 2.75) is 77.8 Å². The predicted octanol–water partition coefficient (Wildman–Crippen LogP) is 1.93. The fourth-order valence-electron chi connectivity index (χ4n) is 5.02. The average molecular weight is 406 g/mol. The Balaban J connectivity index is 1.84. The highest BCUT2D eigenvalue weighted by Crippen LogP contribution is 2.35. The Morgan fingerprint density at radius 3 is 2.62 bits per heavy atom. The number of carbonyl (C=O) groups excluding carboxylic acids is 1. The Morgan fingerprint density at radius 2 is 1.90 bits per heavy atom. The van der Waals surface area contributed by atoms with Crippen LogP contribution in [0.4, 0.5) is 11.5 Å². The molecule has 3 N–H and O–H groups in total. The van der Waals surface area contributed by atoms with Crippen LogP contribution in [-0.2, 0) is 11.3 Å². The van der Waals surface area contributed by atoms with Crippen molar-refractivity contribution in [1.82, 2.24) is 14.5 Å². The van der Waals surface area contributed by atoms with E-state index >= 15 is 0 Å². The number of likely N-dealkylation sites (N-methyl/N-ethyl adjacent to an activating group) is 1. The minimum absolute atomic E-state index is 0.0802. The van der Waals surface area contributed by atoms with Crippen LogP contribution in [0.15, 0.2) is 9.59 Å². The number of nitrogens with two attached hydrogens (primary N) is 1. The summed E-state index contributed by atoms with van der Waals surface area (Å²) >= 11 is 0. The lowest BCUT2D eigenvalue weighted by atomic mass is 9.78. The first kappa shape index (κ1) is 21.6. The Morgan fingerprint density at radius 1 is 1.17 bits per heavy atom. The third-order valence-corrected chi connectivity index (χ3v) is 6.53. The van der Waals surface area contributed by atoms with E-state index in [0.717, 1.165) is 32.2 Å². The number of likely N-dealkylation sites (tertiary alicyclic amines) is 1. The molecule has 162 valence electrons. The third kappa shape index (κ3) is 4.57. The number of nitrogen functional groups attached to an aromatic ring is 1. The lowest BCUT2D eigenvalue weighted by Crippen LogP contribution is -2.52. The summed E-state index contributed by atoms with van der Waals surface area (Å²) in [5, 5.41) is 0. The molecule has 0 aromatic carbocycles. The minimum atomic E-state index is -0.593. The van der Waals surface area contributed by atoms with Crippen molar-refractivity contribution in [2.24, 2.45) is 5.92 Å². The van der Waals surface area contributed by atoms with Crippen LogP contribution in [0, 0.1) is 5.92 Å². The van der Waals surface area contributed by atoms with Gasteiger partial charge in [-0.15, -0.1) is 0 Å². The van der Waals surface area contributed by atoms with Crippen molar-refractivity contribution in [3.05, 3.63) is 20.8 Å². The van der Waals surface area contributed by atoms with E-state index in [1.165, 1.54) is 35.2 Å². The van der Waals surface area contributed by atoms with E-state index in [2.05, 4.69) is 9.88 Å². The second kappa shape index (κ2) is 9.61. The van der Waals surface area contributed by atoms with Gasteiger partial charge in [-0.2, -0.15) is 0 Å². The van der Waals surface area contributed by atoms with Gasteiger partial charge in [0.05, 0.1) is 6.54 Å². The van der Waals surface area contributed by atoms with Crippen LogP contribution in [0.3, 0.4) is 0 Å². The molecule has 8 nitrogen and oxygen atoms in total. The molecule has 0 bridgehead atoms. The second-order valence-electron chi connectivity index (χ2n) is 8.36. The summed E-state index contributed by atoms with van der Waals surface area (Å²) in [4.78, 5) is 44.1. The monoisotopic (exact) mass is 405 g/mol. The number of rotatable bonds is 7. The number of H-pyrrole nitrogens is 1. The van der Waals surface area contributed by atoms with Crippen LogP contribution in [0.1, 0.15) is 65.2 Å². The molecule has 0 unspecified atom stereocenters. The molecule has 1 aliphatic heterocycles. The number of unbranched alkanes of at least 4 members (excludes halogenated alkanes) is 1. The molecule has 1 saturated heterocycles. The van der Waals surface area contributed by atoms with Gasteiger partial charge >= 0.3 is 5.69 Å². The molecule has 1 aliphatic carbocycles. The molecule has 0 spiro atoms. The van der Waals surface area contributed by atoms with Crippen LogP contribution in [0.2, 0.25) is 0 Å². The normalized spacial score (nSPS) is 22.3. The number of carbonyl (C=O) groups is 1. The highest BCUT2D eigenvalue weighted by molar-refractivity contribution is 5.96. The zero-order valence-corrected chi connectivity index (χ0v) is 17.8. The van der Waals surface area contributed by atoms with Gasteiger partial charge in [-0.05, 0) is 51.5 Å². The van der Waals surface area contributed by atoms with Gasteiger partial charge in [0.2, 0.25) is 5.91 Å². The molecule has 1 aromatic heterocycles. The largest absolute Gasteiger partial charge is 0.383 e. The highest BCUT2D eigenvalue weighted by atomic mass is 16.2. The van der Waals surface area contributed by atoms with Gasteiger partial charge in [0.15, 0.2) is 5.69 Å². The number of fused-ring (bicyclic) bond motifs is 1. The van der Waals surface area contributed by atoms with Crippen LogP contribution in [-0.4, -0.2) is 46.0 Å². The van der Waals surface area contributed by atoms with E-state index < -0.39 is 11.2 Å². The van der Waals surface area contributed by atoms with Crippen LogP contribution in [0.25, 0.3) is 0 Å². The fourth-order valence-corrected chi connectivity index (χ4v) is 5.02. The first-order chi connectivity index (χ1) is 14.0. The first-order valence-corrected chi connectivity index (χ1v) is 11.1. The van der Waals surface area contributed by atoms with Crippen molar-refractivity contribution < 1.29 is 4.79 Å². The van der Waals surface area contributed by atoms with Crippen molar-refractivity contribution in [3.63, 3.8) is 0 Å². The number of anilines is 2. The Bertz CT molecular complexity index is 829.